The summed E-state index contributed by atoms with van der Waals surface area (Å²) in [7, 11) is 0. The number of rotatable bonds is 9. The normalized spacial score (nSPS) is 20.6. The molecule has 2 aromatic rings. The predicted octanol–water partition coefficient (Wildman–Crippen LogP) is 2.36. The van der Waals surface area contributed by atoms with Crippen molar-refractivity contribution in [2.45, 2.75) is 24.3 Å². The predicted molar refractivity (Wildman–Crippen MR) is 116 cm³/mol. The number of carbonyl (C=O) groups is 3. The lowest BCUT2D eigenvalue weighted by Gasteiger charge is -2.14. The van der Waals surface area contributed by atoms with Gasteiger partial charge in [0.05, 0.1) is 5.92 Å². The van der Waals surface area contributed by atoms with E-state index in [0.29, 0.717) is 0 Å². The third kappa shape index (κ3) is 4.45. The van der Waals surface area contributed by atoms with Gasteiger partial charge in [0.1, 0.15) is 18.6 Å². The molecule has 1 saturated carbocycles. The number of aliphatic hydroxyl groups is 1. The molecule has 0 spiro atoms. The number of carboxylic acid groups (broad SMARTS) is 1. The monoisotopic (exact) mass is 474 g/mol. The molecule has 8 nitrogen and oxygen atoms in total. The number of hydrogen-bond acceptors (Lipinski definition) is 5. The minimum Gasteiger partial charge on any atom is -0.480 e. The largest absolute Gasteiger partial charge is 0.480 e. The summed E-state index contributed by atoms with van der Waals surface area (Å²) >= 11 is 0. The fourth-order valence-corrected chi connectivity index (χ4v) is 4.49. The number of hydrogen-bond donors (Lipinski definition) is 4. The Hall–Kier alpha value is -3.53. The Morgan fingerprint density at radius 3 is 2.18 bits per heavy atom. The molecule has 0 unspecified atom stereocenters. The molecule has 2 aliphatic carbocycles. The molecule has 34 heavy (non-hydrogen) atoms. The molecule has 0 aromatic heterocycles. The van der Waals surface area contributed by atoms with Crippen molar-refractivity contribution in [2.24, 2.45) is 11.8 Å². The van der Waals surface area contributed by atoms with Gasteiger partial charge in [-0.25, -0.2) is 18.4 Å². The van der Waals surface area contributed by atoms with E-state index in [1.54, 1.807) is 0 Å². The molecule has 0 radical (unpaired) electrons. The zero-order chi connectivity index (χ0) is 24.5. The fraction of sp³-hybridized carbons (Fsp3) is 0.375. The van der Waals surface area contributed by atoms with Gasteiger partial charge in [0.2, 0.25) is 5.91 Å². The highest BCUT2D eigenvalue weighted by Crippen LogP contribution is 2.55. The molecule has 3 atom stereocenters. The van der Waals surface area contributed by atoms with E-state index in [-0.39, 0.29) is 18.9 Å². The lowest BCUT2D eigenvalue weighted by molar-refractivity contribution is -0.142. The Kier molecular flexibility index (Phi) is 6.52. The number of fused-ring (bicyclic) bond motifs is 3. The van der Waals surface area contributed by atoms with Gasteiger partial charge in [0.25, 0.3) is 5.92 Å². The maximum Gasteiger partial charge on any atom is 0.407 e. The van der Waals surface area contributed by atoms with E-state index in [9.17, 15) is 23.2 Å². The third-order valence-electron chi connectivity index (χ3n) is 6.33. The molecule has 2 amide bonds. The van der Waals surface area contributed by atoms with Crippen LogP contribution in [0.1, 0.15) is 23.5 Å². The molecule has 2 aromatic carbocycles. The lowest BCUT2D eigenvalue weighted by atomic mass is 9.98. The van der Waals surface area contributed by atoms with Crippen LogP contribution in [0.4, 0.5) is 13.6 Å². The summed E-state index contributed by atoms with van der Waals surface area (Å²) in [4.78, 5) is 35.4. The van der Waals surface area contributed by atoms with Crippen molar-refractivity contribution >= 4 is 18.0 Å². The number of halogens is 2. The van der Waals surface area contributed by atoms with E-state index in [1.807, 2.05) is 53.8 Å². The maximum absolute atomic E-state index is 14.1. The molecule has 10 heteroatoms. The molecule has 4 N–H and O–H groups in total. The number of carbonyl (C=O) groups excluding carboxylic acids is 2. The molecular formula is C24H24F2N2O6. The first-order valence-electron chi connectivity index (χ1n) is 10.9. The molecule has 0 saturated heterocycles. The molecule has 2 aliphatic rings. The zero-order valence-electron chi connectivity index (χ0n) is 18.0. The highest BCUT2D eigenvalue weighted by atomic mass is 19.3. The second-order valence-electron chi connectivity index (χ2n) is 8.38. The average Bonchev–Trinajstić information content (AvgIpc) is 3.22. The van der Waals surface area contributed by atoms with Gasteiger partial charge in [0, 0.05) is 25.5 Å². The number of amides is 2. The Morgan fingerprint density at radius 1 is 1.03 bits per heavy atom. The van der Waals surface area contributed by atoms with E-state index in [2.05, 4.69) is 5.32 Å². The summed E-state index contributed by atoms with van der Waals surface area (Å²) in [5, 5.41) is 22.2. The van der Waals surface area contributed by atoms with Crippen LogP contribution in [-0.4, -0.2) is 59.9 Å². The Bertz CT molecular complexity index is 1060. The highest BCUT2D eigenvalue weighted by molar-refractivity contribution is 5.88. The highest BCUT2D eigenvalue weighted by Gasteiger charge is 2.71. The van der Waals surface area contributed by atoms with Gasteiger partial charge in [-0.15, -0.1) is 0 Å². The first kappa shape index (κ1) is 23.6. The topological polar surface area (TPSA) is 125 Å². The Balaban J connectivity index is 1.31. The van der Waals surface area contributed by atoms with Crippen LogP contribution in [0.3, 0.4) is 0 Å². The van der Waals surface area contributed by atoms with Crippen LogP contribution in [0, 0.1) is 11.8 Å². The van der Waals surface area contributed by atoms with Gasteiger partial charge in [0.15, 0.2) is 0 Å². The SMILES string of the molecule is O=C(NC[C@H]1[C@@H](C(=O)N[C@H](CCO)C(=O)O)C1(F)F)OCC1c2ccccc2-c2ccccc21. The van der Waals surface area contributed by atoms with Gasteiger partial charge < -0.3 is 25.6 Å². The molecule has 180 valence electrons. The van der Waals surface area contributed by atoms with Crippen LogP contribution in [0.2, 0.25) is 0 Å². The van der Waals surface area contributed by atoms with E-state index in [1.165, 1.54) is 0 Å². The summed E-state index contributed by atoms with van der Waals surface area (Å²) < 4.78 is 33.5. The quantitative estimate of drug-likeness (QED) is 0.442. The zero-order valence-corrected chi connectivity index (χ0v) is 18.0. The number of nitrogens with one attached hydrogen (secondary N) is 2. The molecule has 0 bridgehead atoms. The molecule has 1 fully saturated rings. The number of aliphatic hydroxyl groups excluding tert-OH is 1. The van der Waals surface area contributed by atoms with Crippen molar-refractivity contribution < 1.29 is 38.1 Å². The van der Waals surface area contributed by atoms with Crippen molar-refractivity contribution in [1.29, 1.82) is 0 Å². The molecule has 0 heterocycles. The second kappa shape index (κ2) is 9.38. The van der Waals surface area contributed by atoms with Crippen LogP contribution in [0.15, 0.2) is 48.5 Å². The Labute approximate surface area is 193 Å². The minimum atomic E-state index is -3.39. The van der Waals surface area contributed by atoms with Crippen LogP contribution in [-0.2, 0) is 14.3 Å². The minimum absolute atomic E-state index is 0.0201. The van der Waals surface area contributed by atoms with Crippen molar-refractivity contribution in [2.75, 3.05) is 19.8 Å². The van der Waals surface area contributed by atoms with Gasteiger partial charge in [-0.3, -0.25) is 4.79 Å². The second-order valence-corrected chi connectivity index (χ2v) is 8.38. The summed E-state index contributed by atoms with van der Waals surface area (Å²) in [5.74, 6) is -9.37. The van der Waals surface area contributed by atoms with Crippen LogP contribution >= 0.6 is 0 Å². The lowest BCUT2D eigenvalue weighted by Crippen LogP contribution is -2.43. The van der Waals surface area contributed by atoms with Gasteiger partial charge in [-0.05, 0) is 22.3 Å². The number of ether oxygens (including phenoxy) is 1. The number of carboxylic acids is 1. The van der Waals surface area contributed by atoms with Crippen molar-refractivity contribution in [3.63, 3.8) is 0 Å². The first-order chi connectivity index (χ1) is 16.3. The number of alkyl halides is 2. The van der Waals surface area contributed by atoms with E-state index in [0.717, 1.165) is 22.3 Å². The molecule has 4 rings (SSSR count). The van der Waals surface area contributed by atoms with E-state index >= 15 is 0 Å². The van der Waals surface area contributed by atoms with E-state index < -0.39 is 54.9 Å². The van der Waals surface area contributed by atoms with Crippen molar-refractivity contribution in [3.8, 4) is 11.1 Å². The van der Waals surface area contributed by atoms with Crippen molar-refractivity contribution in [1.82, 2.24) is 10.6 Å². The van der Waals surface area contributed by atoms with Crippen LogP contribution < -0.4 is 10.6 Å². The fourth-order valence-electron chi connectivity index (χ4n) is 4.49. The summed E-state index contributed by atoms with van der Waals surface area (Å²) in [5.41, 5.74) is 4.13. The molecule has 0 aliphatic heterocycles. The maximum atomic E-state index is 14.1. The number of benzene rings is 2. The third-order valence-corrected chi connectivity index (χ3v) is 6.33. The number of aliphatic carboxylic acids is 1. The van der Waals surface area contributed by atoms with Crippen molar-refractivity contribution in [3.05, 3.63) is 59.7 Å². The van der Waals surface area contributed by atoms with Gasteiger partial charge >= 0.3 is 12.1 Å². The summed E-state index contributed by atoms with van der Waals surface area (Å²) in [6, 6.07) is 14.1. The summed E-state index contributed by atoms with van der Waals surface area (Å²) in [6.45, 7) is -1.00. The van der Waals surface area contributed by atoms with Gasteiger partial charge in [-0.1, -0.05) is 48.5 Å². The first-order valence-corrected chi connectivity index (χ1v) is 10.9. The van der Waals surface area contributed by atoms with E-state index in [4.69, 9.17) is 14.9 Å². The standard InChI is InChI=1S/C24H24F2N2O6/c25-24(26)18(20(24)21(30)28-19(9-10-29)22(31)32)11-27-23(33)34-12-17-15-7-3-1-5-13(15)14-6-2-4-8-16(14)17/h1-8,17-20,29H,9-12H2,(H,27,33)(H,28,30)(H,31,32)/t18-,19+,20-/m0/s1. The Morgan fingerprint density at radius 2 is 1.62 bits per heavy atom. The van der Waals surface area contributed by atoms with Crippen LogP contribution in [0.5, 0.6) is 0 Å². The van der Waals surface area contributed by atoms with Crippen LogP contribution in [0.25, 0.3) is 11.1 Å². The smallest absolute Gasteiger partial charge is 0.407 e. The van der Waals surface area contributed by atoms with Gasteiger partial charge in [-0.2, -0.15) is 0 Å². The average molecular weight is 474 g/mol. The number of alkyl carbamates (subject to hydrolysis) is 1. The summed E-state index contributed by atoms with van der Waals surface area (Å²) in [6.07, 6.45) is -1.19. The molecular weight excluding hydrogens is 450 g/mol.